The van der Waals surface area contributed by atoms with E-state index in [9.17, 15) is 13.2 Å². The van der Waals surface area contributed by atoms with E-state index in [0.717, 1.165) is 19.7 Å². The lowest BCUT2D eigenvalue weighted by Crippen LogP contribution is -2.20. The number of carbonyl (C=O) groups excluding carboxylic acids is 1. The lowest BCUT2D eigenvalue weighted by Gasteiger charge is -2.12. The Kier molecular flexibility index (Phi) is 7.39. The molecular weight excluding hydrogens is 600 g/mol. The zero-order valence-electron chi connectivity index (χ0n) is 18.7. The smallest absolute Gasteiger partial charge is 0.264 e. The number of carbonyl (C=O) groups is 1. The molecule has 0 unspecified atom stereocenters. The molecule has 0 saturated heterocycles. The van der Waals surface area contributed by atoms with Crippen molar-refractivity contribution in [3.8, 4) is 5.75 Å². The number of anilines is 2. The second-order valence-corrected chi connectivity index (χ2v) is 11.1. The molecule has 0 bridgehead atoms. The first-order valence-electron chi connectivity index (χ1n) is 10.4. The van der Waals surface area contributed by atoms with Gasteiger partial charge < -0.3 is 10.1 Å². The van der Waals surface area contributed by atoms with Crippen molar-refractivity contribution < 1.29 is 17.9 Å². The number of nitrogens with zero attached hydrogens (tertiary/aromatic N) is 2. The molecule has 3 aromatic carbocycles. The van der Waals surface area contributed by atoms with Gasteiger partial charge in [-0.25, -0.2) is 23.1 Å². The minimum Gasteiger partial charge on any atom is -0.483 e. The number of halogens is 2. The first-order valence-corrected chi connectivity index (χ1v) is 13.4. The number of rotatable bonds is 7. The largest absolute Gasteiger partial charge is 0.483 e. The summed E-state index contributed by atoms with van der Waals surface area (Å²) in [5, 5.41) is 4.68. The van der Waals surface area contributed by atoms with E-state index < -0.39 is 10.0 Å². The lowest BCUT2D eigenvalue weighted by atomic mass is 10.1. The first kappa shape index (κ1) is 25.1. The summed E-state index contributed by atoms with van der Waals surface area (Å²) in [5.41, 5.74) is 1.74. The van der Waals surface area contributed by atoms with Crippen molar-refractivity contribution in [2.24, 2.45) is 0 Å². The molecule has 0 spiro atoms. The van der Waals surface area contributed by atoms with E-state index in [4.69, 9.17) is 4.74 Å². The number of nitrogens with one attached hydrogen (secondary N) is 2. The molecular formula is C24H20Br2N4O4S. The van der Waals surface area contributed by atoms with E-state index in [1.807, 2.05) is 24.3 Å². The number of sulfonamides is 1. The van der Waals surface area contributed by atoms with Crippen molar-refractivity contribution in [2.45, 2.75) is 18.7 Å². The van der Waals surface area contributed by atoms with Crippen molar-refractivity contribution in [3.63, 3.8) is 0 Å². The molecule has 0 radical (unpaired) electrons. The molecule has 0 aliphatic carbocycles. The Labute approximate surface area is 219 Å². The van der Waals surface area contributed by atoms with Crippen LogP contribution in [0.2, 0.25) is 0 Å². The fourth-order valence-electron chi connectivity index (χ4n) is 3.36. The van der Waals surface area contributed by atoms with Gasteiger partial charge in [0.15, 0.2) is 6.61 Å². The summed E-state index contributed by atoms with van der Waals surface area (Å²) in [5.74, 6) is 0.158. The van der Waals surface area contributed by atoms with Crippen LogP contribution in [0, 0.1) is 13.8 Å². The van der Waals surface area contributed by atoms with Gasteiger partial charge in [-0.05, 0) is 89.1 Å². The van der Waals surface area contributed by atoms with Crippen LogP contribution in [0.5, 0.6) is 5.75 Å². The predicted molar refractivity (Wildman–Crippen MR) is 142 cm³/mol. The second kappa shape index (κ2) is 10.3. The SMILES string of the molecule is Cc1cc(C)nc(NS(=O)(=O)c2ccc(NC(=O)COc3ccc4cc(Br)ccc4c3Br)cc2)n1. The summed E-state index contributed by atoms with van der Waals surface area (Å²) in [6.45, 7) is 3.29. The molecule has 1 aromatic heterocycles. The lowest BCUT2D eigenvalue weighted by molar-refractivity contribution is -0.118. The number of aromatic nitrogens is 2. The maximum Gasteiger partial charge on any atom is 0.264 e. The highest BCUT2D eigenvalue weighted by atomic mass is 79.9. The first-order chi connectivity index (χ1) is 16.6. The number of benzene rings is 3. The Morgan fingerprint density at radius 3 is 2.31 bits per heavy atom. The van der Waals surface area contributed by atoms with Crippen LogP contribution >= 0.6 is 31.9 Å². The van der Waals surface area contributed by atoms with Gasteiger partial charge in [-0.2, -0.15) is 0 Å². The molecule has 11 heteroatoms. The van der Waals surface area contributed by atoms with Crippen LogP contribution in [0.25, 0.3) is 10.8 Å². The fourth-order valence-corrected chi connectivity index (χ4v) is 5.29. The van der Waals surface area contributed by atoms with Crippen LogP contribution in [0.15, 0.2) is 74.5 Å². The molecule has 2 N–H and O–H groups in total. The van der Waals surface area contributed by atoms with E-state index in [1.165, 1.54) is 24.3 Å². The van der Waals surface area contributed by atoms with Gasteiger partial charge in [0, 0.05) is 21.5 Å². The fraction of sp³-hybridized carbons (Fsp3) is 0.125. The van der Waals surface area contributed by atoms with E-state index in [-0.39, 0.29) is 23.4 Å². The van der Waals surface area contributed by atoms with Crippen molar-refractivity contribution in [1.29, 1.82) is 0 Å². The van der Waals surface area contributed by atoms with E-state index >= 15 is 0 Å². The van der Waals surface area contributed by atoms with Crippen LogP contribution < -0.4 is 14.8 Å². The van der Waals surface area contributed by atoms with Gasteiger partial charge in [0.2, 0.25) is 5.95 Å². The zero-order chi connectivity index (χ0) is 25.2. The third kappa shape index (κ3) is 6.16. The highest BCUT2D eigenvalue weighted by molar-refractivity contribution is 9.11. The summed E-state index contributed by atoms with van der Waals surface area (Å²) in [4.78, 5) is 20.6. The van der Waals surface area contributed by atoms with Gasteiger partial charge in [-0.3, -0.25) is 4.79 Å². The molecule has 0 aliphatic heterocycles. The molecule has 35 heavy (non-hydrogen) atoms. The highest BCUT2D eigenvalue weighted by Crippen LogP contribution is 2.34. The third-order valence-electron chi connectivity index (χ3n) is 4.90. The number of fused-ring (bicyclic) bond motifs is 1. The molecule has 0 atom stereocenters. The van der Waals surface area contributed by atoms with Crippen molar-refractivity contribution in [3.05, 3.63) is 81.0 Å². The summed E-state index contributed by atoms with van der Waals surface area (Å²) < 4.78 is 35.1. The van der Waals surface area contributed by atoms with Gasteiger partial charge in [-0.15, -0.1) is 0 Å². The average Bonchev–Trinajstić information content (AvgIpc) is 2.78. The molecule has 180 valence electrons. The van der Waals surface area contributed by atoms with Crippen LogP contribution in [-0.4, -0.2) is 30.9 Å². The quantitative estimate of drug-likeness (QED) is 0.279. The summed E-state index contributed by atoms with van der Waals surface area (Å²) in [6, 6.07) is 17.1. The molecule has 4 rings (SSSR count). The van der Waals surface area contributed by atoms with Crippen molar-refractivity contribution >= 4 is 70.2 Å². The predicted octanol–water partition coefficient (Wildman–Crippen LogP) is 5.59. The van der Waals surface area contributed by atoms with Gasteiger partial charge in [0.25, 0.3) is 15.9 Å². The van der Waals surface area contributed by atoms with Gasteiger partial charge in [-0.1, -0.05) is 28.1 Å². The second-order valence-electron chi connectivity index (χ2n) is 7.68. The Hall–Kier alpha value is -3.02. The number of hydrogen-bond acceptors (Lipinski definition) is 6. The maximum absolute atomic E-state index is 12.7. The average molecular weight is 620 g/mol. The Bertz CT molecular complexity index is 1510. The Morgan fingerprint density at radius 2 is 1.63 bits per heavy atom. The van der Waals surface area contributed by atoms with E-state index in [2.05, 4.69) is 51.9 Å². The Morgan fingerprint density at radius 1 is 0.943 bits per heavy atom. The zero-order valence-corrected chi connectivity index (χ0v) is 22.7. The molecule has 1 amide bonds. The summed E-state index contributed by atoms with van der Waals surface area (Å²) in [7, 11) is -3.88. The molecule has 8 nitrogen and oxygen atoms in total. The number of aryl methyl sites for hydroxylation is 2. The van der Waals surface area contributed by atoms with Gasteiger partial charge >= 0.3 is 0 Å². The van der Waals surface area contributed by atoms with Crippen molar-refractivity contribution in [1.82, 2.24) is 9.97 Å². The monoisotopic (exact) mass is 618 g/mol. The van der Waals surface area contributed by atoms with Crippen molar-refractivity contribution in [2.75, 3.05) is 16.6 Å². The molecule has 0 saturated carbocycles. The molecule has 4 aromatic rings. The standard InChI is InChI=1S/C24H20Br2N4O4S/c1-14-11-15(2)28-24(27-14)30-35(32,33)19-7-5-18(6-8-19)29-22(31)13-34-21-10-3-16-12-17(25)4-9-20(16)23(21)26/h3-12H,13H2,1-2H3,(H,29,31)(H,27,28,30). The van der Waals surface area contributed by atoms with Crippen LogP contribution in [0.1, 0.15) is 11.4 Å². The highest BCUT2D eigenvalue weighted by Gasteiger charge is 2.17. The normalized spacial score (nSPS) is 11.3. The van der Waals surface area contributed by atoms with Crippen LogP contribution in [0.4, 0.5) is 11.6 Å². The number of ether oxygens (including phenoxy) is 1. The minimum atomic E-state index is -3.88. The number of amides is 1. The summed E-state index contributed by atoms with van der Waals surface area (Å²) >= 11 is 6.99. The molecule has 0 fully saturated rings. The molecule has 0 aliphatic rings. The van der Waals surface area contributed by atoms with Gasteiger partial charge in [0.1, 0.15) is 5.75 Å². The van der Waals surface area contributed by atoms with E-state index in [0.29, 0.717) is 22.8 Å². The summed E-state index contributed by atoms with van der Waals surface area (Å²) in [6.07, 6.45) is 0. The number of hydrogen-bond donors (Lipinski definition) is 2. The van der Waals surface area contributed by atoms with Crippen LogP contribution in [0.3, 0.4) is 0 Å². The minimum absolute atomic E-state index is 0.00418. The van der Waals surface area contributed by atoms with Gasteiger partial charge in [0.05, 0.1) is 9.37 Å². The maximum atomic E-state index is 12.7. The topological polar surface area (TPSA) is 110 Å². The van der Waals surface area contributed by atoms with E-state index in [1.54, 1.807) is 26.0 Å². The van der Waals surface area contributed by atoms with Crippen LogP contribution in [-0.2, 0) is 14.8 Å². The third-order valence-corrected chi connectivity index (χ3v) is 7.55. The Balaban J connectivity index is 1.38. The molecule has 1 heterocycles.